The second-order valence-electron chi connectivity index (χ2n) is 6.47. The zero-order chi connectivity index (χ0) is 17.5. The highest BCUT2D eigenvalue weighted by molar-refractivity contribution is 8.01. The average Bonchev–Trinajstić information content (AvgIpc) is 2.98. The molecule has 128 valence electrons. The summed E-state index contributed by atoms with van der Waals surface area (Å²) in [6.45, 7) is 5.35. The van der Waals surface area contributed by atoms with Gasteiger partial charge in [-0.25, -0.2) is 0 Å². The van der Waals surface area contributed by atoms with Gasteiger partial charge in [-0.15, -0.1) is 11.8 Å². The zero-order valence-electron chi connectivity index (χ0n) is 14.0. The van der Waals surface area contributed by atoms with Crippen LogP contribution in [0.3, 0.4) is 0 Å². The van der Waals surface area contributed by atoms with Gasteiger partial charge in [-0.1, -0.05) is 0 Å². The van der Waals surface area contributed by atoms with Crippen LogP contribution in [0.4, 0.5) is 11.4 Å². The summed E-state index contributed by atoms with van der Waals surface area (Å²) in [5.74, 6) is 0.384. The van der Waals surface area contributed by atoms with Gasteiger partial charge in [-0.3, -0.25) is 14.4 Å². The summed E-state index contributed by atoms with van der Waals surface area (Å²) in [6.07, 6.45) is 1.31. The second-order valence-corrected chi connectivity index (χ2v) is 7.97. The molecule has 2 saturated heterocycles. The number of benzene rings is 1. The molecular formula is C17H21N3O3S. The largest absolute Gasteiger partial charge is 0.326 e. The van der Waals surface area contributed by atoms with E-state index in [2.05, 4.69) is 10.6 Å². The summed E-state index contributed by atoms with van der Waals surface area (Å²) in [7, 11) is 0. The van der Waals surface area contributed by atoms with Gasteiger partial charge in [0, 0.05) is 30.5 Å². The maximum Gasteiger partial charge on any atom is 0.248 e. The molecule has 0 bridgehead atoms. The first-order chi connectivity index (χ1) is 11.3. The first kappa shape index (κ1) is 16.8. The van der Waals surface area contributed by atoms with Gasteiger partial charge >= 0.3 is 0 Å². The molecule has 0 aliphatic carbocycles. The molecule has 24 heavy (non-hydrogen) atoms. The Labute approximate surface area is 145 Å². The maximum absolute atomic E-state index is 12.6. The summed E-state index contributed by atoms with van der Waals surface area (Å²) in [5.41, 5.74) is 2.25. The van der Waals surface area contributed by atoms with Gasteiger partial charge in [0.15, 0.2) is 0 Å². The molecule has 3 amide bonds. The highest BCUT2D eigenvalue weighted by atomic mass is 32.2. The molecule has 1 aromatic rings. The Bertz CT molecular complexity index is 721. The number of hydrogen-bond acceptors (Lipinski definition) is 4. The number of hydrogen-bond donors (Lipinski definition) is 2. The molecule has 0 saturated carbocycles. The van der Waals surface area contributed by atoms with E-state index in [1.807, 2.05) is 19.9 Å². The number of nitrogens with one attached hydrogen (secondary N) is 2. The van der Waals surface area contributed by atoms with E-state index in [1.165, 1.54) is 6.92 Å². The molecule has 2 aliphatic heterocycles. The van der Waals surface area contributed by atoms with Crippen LogP contribution < -0.4 is 10.6 Å². The molecule has 2 fully saturated rings. The number of amides is 3. The monoisotopic (exact) mass is 347 g/mol. The van der Waals surface area contributed by atoms with Gasteiger partial charge < -0.3 is 15.5 Å². The minimum atomic E-state index is -0.426. The van der Waals surface area contributed by atoms with E-state index in [0.29, 0.717) is 17.9 Å². The van der Waals surface area contributed by atoms with Crippen LogP contribution in [0.5, 0.6) is 0 Å². The minimum absolute atomic E-state index is 0.0554. The first-order valence-electron chi connectivity index (χ1n) is 7.95. The number of aryl methyl sites for hydroxylation is 1. The quantitative estimate of drug-likeness (QED) is 0.880. The topological polar surface area (TPSA) is 78.5 Å². The number of nitrogens with zero attached hydrogens (tertiary/aromatic N) is 1. The number of carbonyl (C=O) groups is 3. The maximum atomic E-state index is 12.6. The van der Waals surface area contributed by atoms with Crippen LogP contribution in [-0.2, 0) is 14.4 Å². The lowest BCUT2D eigenvalue weighted by atomic mass is 10.1. The predicted octanol–water partition coefficient (Wildman–Crippen LogP) is 2.35. The van der Waals surface area contributed by atoms with Gasteiger partial charge in [0.05, 0.1) is 4.87 Å². The van der Waals surface area contributed by atoms with Crippen molar-refractivity contribution in [3.8, 4) is 0 Å². The SMILES string of the molecule is CC(=O)Nc1ccc(NC(=O)[C@H]2CS[C@]3(C)CCC(=O)N23)cc1C. The fourth-order valence-electron chi connectivity index (χ4n) is 3.31. The molecule has 6 nitrogen and oxygen atoms in total. The molecule has 1 aromatic carbocycles. The molecule has 3 rings (SSSR count). The van der Waals surface area contributed by atoms with Gasteiger partial charge in [0.25, 0.3) is 0 Å². The third kappa shape index (κ3) is 3.00. The van der Waals surface area contributed by atoms with Crippen molar-refractivity contribution in [1.82, 2.24) is 4.90 Å². The molecule has 0 aromatic heterocycles. The Morgan fingerprint density at radius 1 is 1.33 bits per heavy atom. The first-order valence-corrected chi connectivity index (χ1v) is 8.94. The highest BCUT2D eigenvalue weighted by Gasteiger charge is 2.52. The minimum Gasteiger partial charge on any atom is -0.326 e. The van der Waals surface area contributed by atoms with Crippen LogP contribution in [0.1, 0.15) is 32.3 Å². The average molecular weight is 347 g/mol. The molecule has 2 heterocycles. The van der Waals surface area contributed by atoms with E-state index in [1.54, 1.807) is 28.8 Å². The van der Waals surface area contributed by atoms with Crippen molar-refractivity contribution in [3.63, 3.8) is 0 Å². The number of carbonyl (C=O) groups excluding carboxylic acids is 3. The molecule has 0 radical (unpaired) electrons. The predicted molar refractivity (Wildman–Crippen MR) is 94.8 cm³/mol. The standard InChI is InChI=1S/C17H21N3O3S/c1-10-8-12(4-5-13(10)18-11(2)21)19-16(23)14-9-24-17(3)7-6-15(22)20(14)17/h4-5,8,14H,6-7,9H2,1-3H3,(H,18,21)(H,19,23)/t14-,17-/m1/s1. The van der Waals surface area contributed by atoms with E-state index in [-0.39, 0.29) is 22.6 Å². The smallest absolute Gasteiger partial charge is 0.248 e. The van der Waals surface area contributed by atoms with Crippen LogP contribution in [-0.4, -0.2) is 39.3 Å². The molecule has 2 aliphatic rings. The second kappa shape index (κ2) is 6.12. The number of fused-ring (bicyclic) bond motifs is 1. The van der Waals surface area contributed by atoms with Crippen molar-refractivity contribution in [1.29, 1.82) is 0 Å². The van der Waals surface area contributed by atoms with Crippen LogP contribution >= 0.6 is 11.8 Å². The Morgan fingerprint density at radius 2 is 2.08 bits per heavy atom. The summed E-state index contributed by atoms with van der Waals surface area (Å²) in [6, 6.07) is 4.91. The third-order valence-electron chi connectivity index (χ3n) is 4.55. The van der Waals surface area contributed by atoms with E-state index in [4.69, 9.17) is 0 Å². The Hall–Kier alpha value is -2.02. The summed E-state index contributed by atoms with van der Waals surface area (Å²) in [4.78, 5) is 37.4. The normalized spacial score (nSPS) is 25.5. The molecule has 2 N–H and O–H groups in total. The van der Waals surface area contributed by atoms with E-state index in [0.717, 1.165) is 17.7 Å². The van der Waals surface area contributed by atoms with Crippen molar-refractivity contribution in [3.05, 3.63) is 23.8 Å². The van der Waals surface area contributed by atoms with Gasteiger partial charge in [-0.2, -0.15) is 0 Å². The zero-order valence-corrected chi connectivity index (χ0v) is 14.8. The lowest BCUT2D eigenvalue weighted by Gasteiger charge is -2.29. The lowest BCUT2D eigenvalue weighted by Crippen LogP contribution is -2.48. The van der Waals surface area contributed by atoms with Crippen molar-refractivity contribution in [2.45, 2.75) is 44.5 Å². The molecule has 2 atom stereocenters. The molecule has 0 unspecified atom stereocenters. The third-order valence-corrected chi connectivity index (χ3v) is 6.06. The highest BCUT2D eigenvalue weighted by Crippen LogP contribution is 2.47. The van der Waals surface area contributed by atoms with E-state index < -0.39 is 6.04 Å². The van der Waals surface area contributed by atoms with Gasteiger partial charge in [-0.05, 0) is 44.0 Å². The van der Waals surface area contributed by atoms with Crippen LogP contribution in [0.15, 0.2) is 18.2 Å². The van der Waals surface area contributed by atoms with Gasteiger partial charge in [0.2, 0.25) is 17.7 Å². The van der Waals surface area contributed by atoms with Crippen LogP contribution in [0, 0.1) is 6.92 Å². The fourth-order valence-corrected chi connectivity index (χ4v) is 4.74. The molecule has 7 heteroatoms. The van der Waals surface area contributed by atoms with Crippen molar-refractivity contribution in [2.24, 2.45) is 0 Å². The number of rotatable bonds is 3. The summed E-state index contributed by atoms with van der Waals surface area (Å²) < 4.78 is 0. The Kier molecular flexibility index (Phi) is 4.29. The Morgan fingerprint density at radius 3 is 2.75 bits per heavy atom. The molecular weight excluding hydrogens is 326 g/mol. The lowest BCUT2D eigenvalue weighted by molar-refractivity contribution is -0.135. The van der Waals surface area contributed by atoms with Crippen LogP contribution in [0.25, 0.3) is 0 Å². The van der Waals surface area contributed by atoms with E-state index in [9.17, 15) is 14.4 Å². The fraction of sp³-hybridized carbons (Fsp3) is 0.471. The molecule has 0 spiro atoms. The summed E-state index contributed by atoms with van der Waals surface area (Å²) in [5, 5.41) is 5.64. The van der Waals surface area contributed by atoms with Crippen LogP contribution in [0.2, 0.25) is 0 Å². The van der Waals surface area contributed by atoms with Crippen molar-refractivity contribution >= 4 is 40.9 Å². The summed E-state index contributed by atoms with van der Waals surface area (Å²) >= 11 is 1.68. The van der Waals surface area contributed by atoms with Crippen molar-refractivity contribution < 1.29 is 14.4 Å². The Balaban J connectivity index is 1.72. The number of anilines is 2. The number of thioether (sulfide) groups is 1. The van der Waals surface area contributed by atoms with Gasteiger partial charge in [0.1, 0.15) is 6.04 Å². The van der Waals surface area contributed by atoms with E-state index >= 15 is 0 Å². The van der Waals surface area contributed by atoms with Crippen molar-refractivity contribution in [2.75, 3.05) is 16.4 Å².